The molecular formula is C28H31NO3. The average molecular weight is 430 g/mol. The van der Waals surface area contributed by atoms with E-state index in [0.29, 0.717) is 19.1 Å². The van der Waals surface area contributed by atoms with E-state index in [9.17, 15) is 4.79 Å². The minimum atomic E-state index is -0.249. The largest absolute Gasteiger partial charge is 0.496 e. The molecule has 4 heteroatoms. The van der Waals surface area contributed by atoms with Crippen LogP contribution >= 0.6 is 0 Å². The van der Waals surface area contributed by atoms with Crippen molar-refractivity contribution in [3.05, 3.63) is 89.0 Å². The first-order chi connectivity index (χ1) is 15.5. The van der Waals surface area contributed by atoms with E-state index in [2.05, 4.69) is 63.2 Å². The third kappa shape index (κ3) is 4.64. The quantitative estimate of drug-likeness (QED) is 0.439. The van der Waals surface area contributed by atoms with Crippen molar-refractivity contribution in [2.45, 2.75) is 45.7 Å². The zero-order valence-corrected chi connectivity index (χ0v) is 19.3. The summed E-state index contributed by atoms with van der Waals surface area (Å²) in [5.74, 6) is 1.25. The van der Waals surface area contributed by atoms with E-state index in [4.69, 9.17) is 9.47 Å². The van der Waals surface area contributed by atoms with Crippen LogP contribution in [0.15, 0.2) is 66.7 Å². The highest BCUT2D eigenvalue weighted by atomic mass is 16.6. The fourth-order valence-corrected chi connectivity index (χ4v) is 4.33. The topological polar surface area (TPSA) is 38.8 Å². The van der Waals surface area contributed by atoms with Gasteiger partial charge in [0.05, 0.1) is 19.7 Å². The normalized spacial score (nSPS) is 15.8. The van der Waals surface area contributed by atoms with Crippen LogP contribution in [0.3, 0.4) is 0 Å². The molecule has 1 atom stereocenters. The molecule has 32 heavy (non-hydrogen) atoms. The van der Waals surface area contributed by atoms with E-state index >= 15 is 0 Å². The second kappa shape index (κ2) is 9.47. The van der Waals surface area contributed by atoms with Gasteiger partial charge in [0.15, 0.2) is 0 Å². The second-order valence-corrected chi connectivity index (χ2v) is 8.82. The molecule has 1 aliphatic rings. The molecule has 0 unspecified atom stereocenters. The number of amides is 1. The molecule has 4 nitrogen and oxygen atoms in total. The number of rotatable bonds is 7. The summed E-state index contributed by atoms with van der Waals surface area (Å²) in [6.45, 7) is 7.38. The summed E-state index contributed by atoms with van der Waals surface area (Å²) in [6, 6.07) is 23.1. The molecule has 0 aliphatic carbocycles. The highest BCUT2D eigenvalue weighted by Crippen LogP contribution is 2.36. The standard InChI is InChI=1S/C28H31NO3/c1-19(2)22-11-13-27(31-4)26(16-22)25-12-10-20(3)14-23(25)17-29-24(18-32-28(29)30)15-21-8-6-5-7-9-21/h5-14,16,19,24H,15,17-18H2,1-4H3/t24-/m1/s1. The van der Waals surface area contributed by atoms with Crippen molar-refractivity contribution in [1.82, 2.24) is 4.90 Å². The van der Waals surface area contributed by atoms with E-state index in [1.807, 2.05) is 29.2 Å². The predicted molar refractivity (Wildman–Crippen MR) is 128 cm³/mol. The van der Waals surface area contributed by atoms with Crippen molar-refractivity contribution >= 4 is 6.09 Å². The van der Waals surface area contributed by atoms with E-state index in [1.54, 1.807) is 7.11 Å². The van der Waals surface area contributed by atoms with Gasteiger partial charge in [-0.3, -0.25) is 4.90 Å². The first-order valence-electron chi connectivity index (χ1n) is 11.2. The number of aryl methyl sites for hydroxylation is 1. The lowest BCUT2D eigenvalue weighted by Crippen LogP contribution is -2.34. The van der Waals surface area contributed by atoms with Gasteiger partial charge in [0.25, 0.3) is 0 Å². The highest BCUT2D eigenvalue weighted by Gasteiger charge is 2.33. The molecule has 1 aliphatic heterocycles. The Hall–Kier alpha value is -3.27. The molecule has 0 N–H and O–H groups in total. The van der Waals surface area contributed by atoms with Crippen LogP contribution in [0.1, 0.15) is 42.0 Å². The van der Waals surface area contributed by atoms with Crippen molar-refractivity contribution in [3.8, 4) is 16.9 Å². The monoisotopic (exact) mass is 429 g/mol. The minimum absolute atomic E-state index is 0.0159. The lowest BCUT2D eigenvalue weighted by molar-refractivity contribution is 0.156. The molecule has 0 aromatic heterocycles. The van der Waals surface area contributed by atoms with Crippen LogP contribution in [0.5, 0.6) is 5.75 Å². The third-order valence-corrected chi connectivity index (χ3v) is 6.17. The molecule has 1 fully saturated rings. The van der Waals surface area contributed by atoms with E-state index in [0.717, 1.165) is 34.4 Å². The first-order valence-corrected chi connectivity index (χ1v) is 11.2. The maximum absolute atomic E-state index is 12.7. The van der Waals surface area contributed by atoms with Crippen molar-refractivity contribution in [3.63, 3.8) is 0 Å². The fraction of sp³-hybridized carbons (Fsp3) is 0.321. The van der Waals surface area contributed by atoms with Crippen LogP contribution in [-0.2, 0) is 17.7 Å². The van der Waals surface area contributed by atoms with E-state index < -0.39 is 0 Å². The molecule has 1 saturated heterocycles. The van der Waals surface area contributed by atoms with Crippen LogP contribution in [0.4, 0.5) is 4.79 Å². The summed E-state index contributed by atoms with van der Waals surface area (Å²) in [5.41, 5.74) is 6.87. The van der Waals surface area contributed by atoms with E-state index in [1.165, 1.54) is 11.1 Å². The molecule has 3 aromatic rings. The van der Waals surface area contributed by atoms with Crippen LogP contribution in [-0.4, -0.2) is 30.8 Å². The summed E-state index contributed by atoms with van der Waals surface area (Å²) in [7, 11) is 1.70. The first kappa shape index (κ1) is 21.9. The van der Waals surface area contributed by atoms with Crippen LogP contribution in [0.2, 0.25) is 0 Å². The Morgan fingerprint density at radius 3 is 2.53 bits per heavy atom. The molecule has 0 bridgehead atoms. The van der Waals surface area contributed by atoms with Gasteiger partial charge in [-0.2, -0.15) is 0 Å². The van der Waals surface area contributed by atoms with Crippen LogP contribution < -0.4 is 4.74 Å². The third-order valence-electron chi connectivity index (χ3n) is 6.17. The number of benzene rings is 3. The molecule has 0 radical (unpaired) electrons. The van der Waals surface area contributed by atoms with Gasteiger partial charge in [0.1, 0.15) is 12.4 Å². The van der Waals surface area contributed by atoms with Crippen LogP contribution in [0, 0.1) is 6.92 Å². The summed E-state index contributed by atoms with van der Waals surface area (Å²) in [4.78, 5) is 14.5. The Morgan fingerprint density at radius 2 is 1.81 bits per heavy atom. The maximum atomic E-state index is 12.7. The van der Waals surface area contributed by atoms with Gasteiger partial charge in [-0.15, -0.1) is 0 Å². The van der Waals surface area contributed by atoms with Gasteiger partial charge in [-0.05, 0) is 53.6 Å². The number of cyclic esters (lactones) is 1. The van der Waals surface area contributed by atoms with Gasteiger partial charge in [0, 0.05) is 5.56 Å². The number of carbonyl (C=O) groups excluding carboxylic acids is 1. The number of nitrogens with zero attached hydrogens (tertiary/aromatic N) is 1. The lowest BCUT2D eigenvalue weighted by Gasteiger charge is -2.24. The lowest BCUT2D eigenvalue weighted by atomic mass is 9.92. The van der Waals surface area contributed by atoms with Gasteiger partial charge < -0.3 is 9.47 Å². The smallest absolute Gasteiger partial charge is 0.410 e. The summed E-state index contributed by atoms with van der Waals surface area (Å²) in [6.07, 6.45) is 0.529. The van der Waals surface area contributed by atoms with Crippen molar-refractivity contribution < 1.29 is 14.3 Å². The Bertz CT molecular complexity index is 1090. The SMILES string of the molecule is COc1ccc(C(C)C)cc1-c1ccc(C)cc1CN1C(=O)OC[C@H]1Cc1ccccc1. The fourth-order valence-electron chi connectivity index (χ4n) is 4.33. The molecule has 3 aromatic carbocycles. The van der Waals surface area contributed by atoms with Gasteiger partial charge in [-0.25, -0.2) is 4.79 Å². The average Bonchev–Trinajstić information content (AvgIpc) is 3.13. The molecule has 166 valence electrons. The van der Waals surface area contributed by atoms with Gasteiger partial charge in [-0.1, -0.05) is 74.0 Å². The molecule has 1 amide bonds. The summed E-state index contributed by atoms with van der Waals surface area (Å²) in [5, 5.41) is 0. The van der Waals surface area contributed by atoms with Crippen LogP contribution in [0.25, 0.3) is 11.1 Å². The zero-order valence-electron chi connectivity index (χ0n) is 19.3. The van der Waals surface area contributed by atoms with Crippen molar-refractivity contribution in [1.29, 1.82) is 0 Å². The minimum Gasteiger partial charge on any atom is -0.496 e. The molecule has 0 saturated carbocycles. The summed E-state index contributed by atoms with van der Waals surface area (Å²) < 4.78 is 11.2. The Labute approximate surface area is 190 Å². The van der Waals surface area contributed by atoms with Gasteiger partial charge >= 0.3 is 6.09 Å². The molecular weight excluding hydrogens is 398 g/mol. The number of methoxy groups -OCH3 is 1. The predicted octanol–water partition coefficient (Wildman–Crippen LogP) is 6.36. The Morgan fingerprint density at radius 1 is 1.03 bits per heavy atom. The molecule has 1 heterocycles. The van der Waals surface area contributed by atoms with Crippen molar-refractivity contribution in [2.75, 3.05) is 13.7 Å². The Kier molecular flexibility index (Phi) is 6.50. The zero-order chi connectivity index (χ0) is 22.7. The maximum Gasteiger partial charge on any atom is 0.410 e. The highest BCUT2D eigenvalue weighted by molar-refractivity contribution is 5.76. The number of carbonyl (C=O) groups is 1. The Balaban J connectivity index is 1.70. The van der Waals surface area contributed by atoms with Crippen molar-refractivity contribution in [2.24, 2.45) is 0 Å². The van der Waals surface area contributed by atoms with Gasteiger partial charge in [0.2, 0.25) is 0 Å². The van der Waals surface area contributed by atoms with E-state index in [-0.39, 0.29) is 12.1 Å². The number of hydrogen-bond donors (Lipinski definition) is 0. The number of ether oxygens (including phenoxy) is 2. The number of hydrogen-bond acceptors (Lipinski definition) is 3. The summed E-state index contributed by atoms with van der Waals surface area (Å²) >= 11 is 0. The molecule has 0 spiro atoms. The second-order valence-electron chi connectivity index (χ2n) is 8.82. The molecule has 4 rings (SSSR count).